The molecule has 0 bridgehead atoms. The number of hydrogen-bond donors (Lipinski definition) is 4. The highest BCUT2D eigenvalue weighted by Gasteiger charge is 2.05. The minimum absolute atomic E-state index is 0.138. The Balaban J connectivity index is 3.43. The molecule has 3 nitrogen and oxygen atoms in total. The van der Waals surface area contributed by atoms with Gasteiger partial charge in [-0.3, -0.25) is 0 Å². The largest absolute Gasteiger partial charge is 0.329 e. The molecule has 0 aliphatic rings. The molecule has 5 N–H and O–H groups in total. The van der Waals surface area contributed by atoms with Crippen molar-refractivity contribution in [2.75, 3.05) is 18.8 Å². The third kappa shape index (κ3) is 5.83. The van der Waals surface area contributed by atoms with E-state index in [4.69, 9.17) is 11.5 Å². The summed E-state index contributed by atoms with van der Waals surface area (Å²) in [5, 5.41) is 3.32. The van der Waals surface area contributed by atoms with Gasteiger partial charge in [0.2, 0.25) is 0 Å². The van der Waals surface area contributed by atoms with Crippen LogP contribution in [0.1, 0.15) is 19.8 Å². The first-order valence-electron chi connectivity index (χ1n) is 4.54. The van der Waals surface area contributed by atoms with Crippen LogP contribution in [0, 0.1) is 0 Å². The molecule has 0 amide bonds. The maximum atomic E-state index is 5.69. The van der Waals surface area contributed by atoms with E-state index in [2.05, 4.69) is 24.9 Å². The van der Waals surface area contributed by atoms with Gasteiger partial charge in [0.05, 0.1) is 0 Å². The molecule has 0 fully saturated rings. The lowest BCUT2D eigenvalue weighted by molar-refractivity contribution is 0.467. The Morgan fingerprint density at radius 1 is 1.50 bits per heavy atom. The Labute approximate surface area is 80.7 Å². The van der Waals surface area contributed by atoms with Crippen LogP contribution in [0.5, 0.6) is 0 Å². The summed E-state index contributed by atoms with van der Waals surface area (Å²) in [5.74, 6) is 0.719. The Morgan fingerprint density at radius 2 is 2.17 bits per heavy atom. The van der Waals surface area contributed by atoms with Crippen LogP contribution >= 0.6 is 12.6 Å². The quantitative estimate of drug-likeness (QED) is 0.427. The molecular formula is C8H21N3S. The summed E-state index contributed by atoms with van der Waals surface area (Å²) in [5.41, 5.74) is 11.3. The van der Waals surface area contributed by atoms with Crippen LogP contribution < -0.4 is 16.8 Å². The summed E-state index contributed by atoms with van der Waals surface area (Å²) in [6, 6.07) is 0.556. The van der Waals surface area contributed by atoms with Crippen LogP contribution in [0.25, 0.3) is 0 Å². The lowest BCUT2D eigenvalue weighted by Crippen LogP contribution is -2.43. The molecule has 12 heavy (non-hydrogen) atoms. The molecule has 2 unspecified atom stereocenters. The highest BCUT2D eigenvalue weighted by Crippen LogP contribution is 1.94. The van der Waals surface area contributed by atoms with Gasteiger partial charge in [-0.1, -0.05) is 13.3 Å². The average Bonchev–Trinajstić information content (AvgIpc) is 2.11. The van der Waals surface area contributed by atoms with Gasteiger partial charge in [0.25, 0.3) is 0 Å². The normalized spacial score (nSPS) is 16.0. The molecule has 0 spiro atoms. The molecule has 0 aliphatic heterocycles. The molecule has 0 rings (SSSR count). The predicted molar refractivity (Wildman–Crippen MR) is 57.6 cm³/mol. The Bertz CT molecular complexity index is 100. The van der Waals surface area contributed by atoms with Crippen LogP contribution in [0.2, 0.25) is 0 Å². The number of thiol groups is 1. The minimum atomic E-state index is 0.138. The van der Waals surface area contributed by atoms with Crippen molar-refractivity contribution in [1.29, 1.82) is 0 Å². The highest BCUT2D eigenvalue weighted by molar-refractivity contribution is 7.80. The molecule has 74 valence electrons. The van der Waals surface area contributed by atoms with Crippen molar-refractivity contribution < 1.29 is 0 Å². The first kappa shape index (κ1) is 12.2. The fourth-order valence-electron chi connectivity index (χ4n) is 1.03. The van der Waals surface area contributed by atoms with Crippen molar-refractivity contribution in [3.63, 3.8) is 0 Å². The van der Waals surface area contributed by atoms with Crippen LogP contribution in [-0.2, 0) is 0 Å². The lowest BCUT2D eigenvalue weighted by Gasteiger charge is -2.18. The zero-order valence-electron chi connectivity index (χ0n) is 7.79. The first-order chi connectivity index (χ1) is 5.74. The van der Waals surface area contributed by atoms with E-state index in [1.807, 2.05) is 0 Å². The molecule has 0 aromatic carbocycles. The van der Waals surface area contributed by atoms with E-state index < -0.39 is 0 Å². The second kappa shape index (κ2) is 7.86. The Morgan fingerprint density at radius 3 is 2.58 bits per heavy atom. The molecule has 4 heteroatoms. The topological polar surface area (TPSA) is 64.1 Å². The molecule has 0 heterocycles. The van der Waals surface area contributed by atoms with E-state index in [0.29, 0.717) is 12.6 Å². The SMILES string of the molecule is CCCC(CN)NCC(N)CS. The second-order valence-electron chi connectivity index (χ2n) is 3.07. The van der Waals surface area contributed by atoms with Crippen LogP contribution in [0.3, 0.4) is 0 Å². The molecule has 0 aromatic rings. The average molecular weight is 191 g/mol. The number of nitrogens with two attached hydrogens (primary N) is 2. The fraction of sp³-hybridized carbons (Fsp3) is 1.00. The number of nitrogens with one attached hydrogen (secondary N) is 1. The molecule has 0 aromatic heterocycles. The van der Waals surface area contributed by atoms with E-state index in [-0.39, 0.29) is 6.04 Å². The van der Waals surface area contributed by atoms with Crippen molar-refractivity contribution in [3.05, 3.63) is 0 Å². The number of rotatable bonds is 7. The third-order valence-corrected chi connectivity index (χ3v) is 2.29. The summed E-state index contributed by atoms with van der Waals surface area (Å²) >= 11 is 4.10. The molecule has 0 saturated carbocycles. The van der Waals surface area contributed by atoms with Gasteiger partial charge >= 0.3 is 0 Å². The predicted octanol–water partition coefficient (Wildman–Crippen LogP) is -0.0395. The summed E-state index contributed by atoms with van der Waals surface area (Å²) < 4.78 is 0. The third-order valence-electron chi connectivity index (χ3n) is 1.82. The standard InChI is InChI=1S/C8H21N3S/c1-2-3-8(4-9)11-5-7(10)6-12/h7-8,11-12H,2-6,9-10H2,1H3. The van der Waals surface area contributed by atoms with Gasteiger partial charge in [-0.25, -0.2) is 0 Å². The lowest BCUT2D eigenvalue weighted by atomic mass is 10.1. The summed E-state index contributed by atoms with van der Waals surface area (Å²) in [6.45, 7) is 3.65. The smallest absolute Gasteiger partial charge is 0.0254 e. The van der Waals surface area contributed by atoms with E-state index in [9.17, 15) is 0 Å². The molecule has 0 aliphatic carbocycles. The second-order valence-corrected chi connectivity index (χ2v) is 3.44. The van der Waals surface area contributed by atoms with Crippen LogP contribution in [-0.4, -0.2) is 30.9 Å². The summed E-state index contributed by atoms with van der Waals surface area (Å²) in [7, 11) is 0. The summed E-state index contributed by atoms with van der Waals surface area (Å²) in [4.78, 5) is 0. The van der Waals surface area contributed by atoms with E-state index in [0.717, 1.165) is 25.1 Å². The maximum Gasteiger partial charge on any atom is 0.0254 e. The molecule has 0 radical (unpaired) electrons. The van der Waals surface area contributed by atoms with Crippen molar-refractivity contribution in [1.82, 2.24) is 5.32 Å². The van der Waals surface area contributed by atoms with E-state index >= 15 is 0 Å². The summed E-state index contributed by atoms with van der Waals surface area (Å²) in [6.07, 6.45) is 2.28. The van der Waals surface area contributed by atoms with Crippen molar-refractivity contribution in [2.45, 2.75) is 31.8 Å². The first-order valence-corrected chi connectivity index (χ1v) is 5.17. The van der Waals surface area contributed by atoms with Gasteiger partial charge < -0.3 is 16.8 Å². The van der Waals surface area contributed by atoms with Gasteiger partial charge in [-0.2, -0.15) is 12.6 Å². The Kier molecular flexibility index (Phi) is 8.01. The van der Waals surface area contributed by atoms with Crippen molar-refractivity contribution in [2.24, 2.45) is 11.5 Å². The monoisotopic (exact) mass is 191 g/mol. The van der Waals surface area contributed by atoms with Gasteiger partial charge in [-0.05, 0) is 6.42 Å². The minimum Gasteiger partial charge on any atom is -0.329 e. The van der Waals surface area contributed by atoms with Crippen molar-refractivity contribution >= 4 is 12.6 Å². The van der Waals surface area contributed by atoms with Gasteiger partial charge in [-0.15, -0.1) is 0 Å². The van der Waals surface area contributed by atoms with Gasteiger partial charge in [0, 0.05) is 30.9 Å². The molecule has 0 saturated heterocycles. The maximum absolute atomic E-state index is 5.69. The van der Waals surface area contributed by atoms with E-state index in [1.54, 1.807) is 0 Å². The van der Waals surface area contributed by atoms with Crippen molar-refractivity contribution in [3.8, 4) is 0 Å². The van der Waals surface area contributed by atoms with Crippen LogP contribution in [0.4, 0.5) is 0 Å². The molecule has 2 atom stereocenters. The zero-order chi connectivity index (χ0) is 9.40. The number of hydrogen-bond acceptors (Lipinski definition) is 4. The Hall–Kier alpha value is 0.230. The highest BCUT2D eigenvalue weighted by atomic mass is 32.1. The molecular weight excluding hydrogens is 170 g/mol. The zero-order valence-corrected chi connectivity index (χ0v) is 8.69. The van der Waals surface area contributed by atoms with Gasteiger partial charge in [0.15, 0.2) is 0 Å². The van der Waals surface area contributed by atoms with Crippen LogP contribution in [0.15, 0.2) is 0 Å². The van der Waals surface area contributed by atoms with E-state index in [1.165, 1.54) is 0 Å². The van der Waals surface area contributed by atoms with Gasteiger partial charge in [0.1, 0.15) is 0 Å². The fourth-order valence-corrected chi connectivity index (χ4v) is 1.16.